The molecule has 43 heavy (non-hydrogen) atoms. The van der Waals surface area contributed by atoms with Crippen LogP contribution in [0.5, 0.6) is 5.75 Å². The predicted octanol–water partition coefficient (Wildman–Crippen LogP) is 6.90. The van der Waals surface area contributed by atoms with Gasteiger partial charge in [0.15, 0.2) is 11.4 Å². The number of ether oxygens (including phenoxy) is 3. The van der Waals surface area contributed by atoms with Crippen molar-refractivity contribution in [1.82, 2.24) is 0 Å². The third-order valence-corrected chi connectivity index (χ3v) is 10.3. The summed E-state index contributed by atoms with van der Waals surface area (Å²) in [5.41, 5.74) is 0.0457. The number of ketones is 2. The van der Waals surface area contributed by atoms with Gasteiger partial charge in [0.05, 0.1) is 12.2 Å². The first-order chi connectivity index (χ1) is 20.5. The van der Waals surface area contributed by atoms with E-state index < -0.39 is 17.1 Å². The number of rotatable bonds is 6. The van der Waals surface area contributed by atoms with Gasteiger partial charge < -0.3 is 24.6 Å². The summed E-state index contributed by atoms with van der Waals surface area (Å²) in [5, 5.41) is 15.1. The third kappa shape index (κ3) is 5.73. The summed E-state index contributed by atoms with van der Waals surface area (Å²) < 4.78 is 18.3. The largest absolute Gasteiger partial charge is 0.486 e. The van der Waals surface area contributed by atoms with Crippen LogP contribution in [0.2, 0.25) is 0 Å². The highest BCUT2D eigenvalue weighted by Gasteiger charge is 2.74. The maximum absolute atomic E-state index is 14.0. The number of allylic oxidation sites excluding steroid dienone is 4. The number of hydrogen-bond acceptors (Lipinski definition) is 7. The molecule has 1 saturated heterocycles. The van der Waals surface area contributed by atoms with Crippen molar-refractivity contribution in [2.24, 2.45) is 28.6 Å². The van der Waals surface area contributed by atoms with Crippen molar-refractivity contribution in [3.63, 3.8) is 0 Å². The van der Waals surface area contributed by atoms with Gasteiger partial charge in [-0.3, -0.25) is 9.59 Å². The van der Waals surface area contributed by atoms with Crippen LogP contribution in [0, 0.1) is 28.6 Å². The topological polar surface area (TPSA) is 94.1 Å². The van der Waals surface area contributed by atoms with Crippen LogP contribution in [0.25, 0.3) is 0 Å². The molecule has 4 aliphatic carbocycles. The Hall–Kier alpha value is -2.48. The molecule has 7 heteroatoms. The molecular weight excluding hydrogens is 542 g/mol. The fraction of sp³-hybridized carbons (Fsp3) is 0.667. The van der Waals surface area contributed by atoms with Crippen LogP contribution in [0.4, 0.5) is 5.69 Å². The summed E-state index contributed by atoms with van der Waals surface area (Å²) in [6.45, 7) is 16.7. The fourth-order valence-corrected chi connectivity index (χ4v) is 8.77. The van der Waals surface area contributed by atoms with Gasteiger partial charge >= 0.3 is 0 Å². The Morgan fingerprint density at radius 2 is 1.84 bits per heavy atom. The zero-order valence-electron chi connectivity index (χ0n) is 27.4. The van der Waals surface area contributed by atoms with E-state index in [0.717, 1.165) is 30.5 Å². The van der Waals surface area contributed by atoms with E-state index in [9.17, 15) is 14.7 Å². The van der Waals surface area contributed by atoms with Crippen molar-refractivity contribution in [3.05, 3.63) is 48.1 Å². The second-order valence-corrected chi connectivity index (χ2v) is 13.3. The van der Waals surface area contributed by atoms with E-state index in [1.807, 2.05) is 44.2 Å². The normalized spacial score (nSPS) is 36.9. The van der Waals surface area contributed by atoms with Crippen molar-refractivity contribution in [3.8, 4) is 5.75 Å². The standard InChI is InChI=1S/C31H39NO6.C3H8.C2H6/c1-18(2)32-20-6-8-22(9-7-20)36-16-26(35)31-27(37-17-38-31)14-24-23-10-5-19-13-21(33)11-12-29(19,3)28(23)25(34)15-30(24,31)4;1-3-2;1-2/h6-9,11-13,18,23-25,27-28,32,34H,5,10,14-17H2,1-4H3;3H2,1-2H3;1-2H3. The van der Waals surface area contributed by atoms with Crippen LogP contribution in [-0.2, 0) is 19.1 Å². The maximum Gasteiger partial charge on any atom is 0.205 e. The summed E-state index contributed by atoms with van der Waals surface area (Å²) in [5.74, 6) is 0.889. The lowest BCUT2D eigenvalue weighted by Crippen LogP contribution is -2.63. The van der Waals surface area contributed by atoms with Crippen molar-refractivity contribution in [2.45, 2.75) is 111 Å². The lowest BCUT2D eigenvalue weighted by Gasteiger charge is -2.59. The average molecular weight is 596 g/mol. The smallest absolute Gasteiger partial charge is 0.205 e. The Bertz CT molecular complexity index is 1210. The molecule has 8 atom stereocenters. The van der Waals surface area contributed by atoms with Crippen LogP contribution in [0.3, 0.4) is 0 Å². The first-order valence-corrected chi connectivity index (χ1v) is 16.4. The zero-order valence-corrected chi connectivity index (χ0v) is 27.4. The Labute approximate surface area is 258 Å². The van der Waals surface area contributed by atoms with Crippen LogP contribution >= 0.6 is 0 Å². The zero-order chi connectivity index (χ0) is 31.6. The second-order valence-electron chi connectivity index (χ2n) is 13.3. The molecule has 2 N–H and O–H groups in total. The number of fused-ring (bicyclic) bond motifs is 7. The first-order valence-electron chi connectivity index (χ1n) is 16.4. The molecule has 4 fully saturated rings. The van der Waals surface area contributed by atoms with Gasteiger partial charge in [-0.15, -0.1) is 0 Å². The molecule has 1 heterocycles. The molecule has 6 rings (SSSR count). The molecule has 7 nitrogen and oxygen atoms in total. The number of Topliss-reactive ketones (excluding diaryl/α,β-unsaturated/α-hetero) is 1. The van der Waals surface area contributed by atoms with E-state index in [4.69, 9.17) is 14.2 Å². The van der Waals surface area contributed by atoms with Crippen LogP contribution in [0.15, 0.2) is 48.1 Å². The molecule has 3 saturated carbocycles. The van der Waals surface area contributed by atoms with Gasteiger partial charge in [-0.1, -0.05) is 59.6 Å². The van der Waals surface area contributed by atoms with Gasteiger partial charge in [0.25, 0.3) is 0 Å². The van der Waals surface area contributed by atoms with Crippen LogP contribution < -0.4 is 10.1 Å². The predicted molar refractivity (Wildman–Crippen MR) is 170 cm³/mol. The molecule has 1 aromatic rings. The van der Waals surface area contributed by atoms with Crippen molar-refractivity contribution >= 4 is 17.3 Å². The molecule has 1 aliphatic heterocycles. The average Bonchev–Trinajstić information content (AvgIpc) is 3.51. The summed E-state index contributed by atoms with van der Waals surface area (Å²) in [6, 6.07) is 7.94. The number of nitrogens with one attached hydrogen (secondary N) is 1. The van der Waals surface area contributed by atoms with Gasteiger partial charge in [0.2, 0.25) is 5.78 Å². The number of anilines is 1. The SMILES string of the molecule is CC.CC(C)Nc1ccc(OCC(=O)C23OCOC2CC2C4CCC5=CC(=O)C=CC5(C)C4C(O)CC23C)cc1.CCC. The third-order valence-electron chi connectivity index (χ3n) is 10.3. The van der Waals surface area contributed by atoms with E-state index in [1.54, 1.807) is 12.2 Å². The minimum absolute atomic E-state index is 0.00915. The van der Waals surface area contributed by atoms with E-state index in [-0.39, 0.29) is 54.2 Å². The van der Waals surface area contributed by atoms with Gasteiger partial charge in [-0.25, -0.2) is 0 Å². The summed E-state index contributed by atoms with van der Waals surface area (Å²) in [6.07, 6.45) is 8.57. The molecule has 0 amide bonds. The van der Waals surface area contributed by atoms with E-state index in [2.05, 4.69) is 46.9 Å². The number of hydrogen-bond donors (Lipinski definition) is 2. The van der Waals surface area contributed by atoms with E-state index in [1.165, 1.54) is 6.42 Å². The Balaban J connectivity index is 0.000000798. The fourth-order valence-electron chi connectivity index (χ4n) is 8.77. The summed E-state index contributed by atoms with van der Waals surface area (Å²) >= 11 is 0. The molecule has 1 aromatic carbocycles. The Kier molecular flexibility index (Phi) is 10.3. The molecular formula is C36H53NO6. The lowest BCUT2D eigenvalue weighted by atomic mass is 9.46. The maximum atomic E-state index is 14.0. The molecule has 0 bridgehead atoms. The van der Waals surface area contributed by atoms with Gasteiger partial charge in [-0.05, 0) is 87.8 Å². The van der Waals surface area contributed by atoms with Crippen LogP contribution in [-0.4, -0.2) is 53.9 Å². The minimum Gasteiger partial charge on any atom is -0.486 e. The molecule has 238 valence electrons. The van der Waals surface area contributed by atoms with Crippen molar-refractivity contribution in [2.75, 3.05) is 18.7 Å². The molecule has 5 aliphatic rings. The summed E-state index contributed by atoms with van der Waals surface area (Å²) in [7, 11) is 0. The van der Waals surface area contributed by atoms with Gasteiger partial charge in [0, 0.05) is 28.5 Å². The van der Waals surface area contributed by atoms with Crippen molar-refractivity contribution in [1.29, 1.82) is 0 Å². The molecule has 0 aromatic heterocycles. The number of aliphatic hydroxyl groups excluding tert-OH is 1. The first kappa shape index (κ1) is 33.4. The highest BCUT2D eigenvalue weighted by Crippen LogP contribution is 2.69. The number of carbonyl (C=O) groups is 2. The Morgan fingerprint density at radius 1 is 1.16 bits per heavy atom. The summed E-state index contributed by atoms with van der Waals surface area (Å²) in [4.78, 5) is 26.1. The number of benzene rings is 1. The van der Waals surface area contributed by atoms with Gasteiger partial charge in [0.1, 0.15) is 19.1 Å². The minimum atomic E-state index is -1.14. The lowest BCUT2D eigenvalue weighted by molar-refractivity contribution is -0.185. The van der Waals surface area contributed by atoms with Gasteiger partial charge in [-0.2, -0.15) is 0 Å². The molecule has 0 spiro atoms. The Morgan fingerprint density at radius 3 is 2.49 bits per heavy atom. The van der Waals surface area contributed by atoms with E-state index in [0.29, 0.717) is 18.2 Å². The highest BCUT2D eigenvalue weighted by atomic mass is 16.7. The quantitative estimate of drug-likeness (QED) is 0.370. The van der Waals surface area contributed by atoms with Crippen molar-refractivity contribution < 1.29 is 28.9 Å². The second kappa shape index (κ2) is 13.3. The number of aliphatic hydroxyl groups is 1. The number of carbonyl (C=O) groups excluding carboxylic acids is 2. The molecule has 0 radical (unpaired) electrons. The van der Waals surface area contributed by atoms with E-state index >= 15 is 0 Å². The molecule has 8 unspecified atom stereocenters. The highest BCUT2D eigenvalue weighted by molar-refractivity contribution is 6.01. The van der Waals surface area contributed by atoms with Crippen LogP contribution in [0.1, 0.15) is 87.5 Å². The monoisotopic (exact) mass is 595 g/mol.